The molecule has 1 N–H and O–H groups in total. The first kappa shape index (κ1) is 15.8. The zero-order chi connectivity index (χ0) is 16.1. The molecule has 0 radical (unpaired) electrons. The summed E-state index contributed by atoms with van der Waals surface area (Å²) in [6.07, 6.45) is 3.21. The Morgan fingerprint density at radius 3 is 2.77 bits per heavy atom. The quantitative estimate of drug-likeness (QED) is 0.827. The lowest BCUT2D eigenvalue weighted by atomic mass is 10.1. The second kappa shape index (κ2) is 6.89. The van der Waals surface area contributed by atoms with Crippen LogP contribution in [0.5, 0.6) is 0 Å². The molecule has 0 aliphatic carbocycles. The molecule has 1 atom stereocenters. The third-order valence-electron chi connectivity index (χ3n) is 3.16. The van der Waals surface area contributed by atoms with Crippen molar-refractivity contribution in [1.29, 1.82) is 0 Å². The Labute approximate surface area is 129 Å². The number of aromatic nitrogens is 1. The van der Waals surface area contributed by atoms with Gasteiger partial charge >= 0.3 is 0 Å². The van der Waals surface area contributed by atoms with Crippen molar-refractivity contribution in [2.75, 3.05) is 19.0 Å². The van der Waals surface area contributed by atoms with Crippen LogP contribution in [0.15, 0.2) is 41.1 Å². The van der Waals surface area contributed by atoms with E-state index in [4.69, 9.17) is 4.42 Å². The van der Waals surface area contributed by atoms with Crippen LogP contribution in [0.3, 0.4) is 0 Å². The Bertz CT molecular complexity index is 650. The van der Waals surface area contributed by atoms with Gasteiger partial charge in [0.1, 0.15) is 5.69 Å². The fourth-order valence-electron chi connectivity index (χ4n) is 1.99. The van der Waals surface area contributed by atoms with Crippen LogP contribution in [0.25, 0.3) is 0 Å². The fraction of sp³-hybridized carbons (Fsp3) is 0.312. The van der Waals surface area contributed by atoms with E-state index in [-0.39, 0.29) is 24.2 Å². The lowest BCUT2D eigenvalue weighted by molar-refractivity contribution is 0.0904. The molecular formula is C16H19N3O3. The summed E-state index contributed by atoms with van der Waals surface area (Å²) in [5, 5.41) is 2.77. The van der Waals surface area contributed by atoms with Crippen molar-refractivity contribution in [3.63, 3.8) is 0 Å². The molecule has 0 fully saturated rings. The van der Waals surface area contributed by atoms with Crippen LogP contribution in [-0.2, 0) is 0 Å². The third kappa shape index (κ3) is 3.94. The molecule has 116 valence electrons. The standard InChI is InChI=1S/C16H19N3O3/c1-11(9-14(20)15-5-4-8-22-15)18-16(21)13-10-12(19(2)3)6-7-17-13/h4-8,10-11H,9H2,1-3H3,(H,18,21). The zero-order valence-electron chi connectivity index (χ0n) is 12.9. The maximum absolute atomic E-state index is 12.2. The van der Waals surface area contributed by atoms with E-state index in [1.54, 1.807) is 31.3 Å². The predicted octanol–water partition coefficient (Wildman–Crippen LogP) is 2.13. The van der Waals surface area contributed by atoms with Gasteiger partial charge in [0.15, 0.2) is 11.5 Å². The van der Waals surface area contributed by atoms with Gasteiger partial charge in [-0.15, -0.1) is 0 Å². The van der Waals surface area contributed by atoms with Crippen molar-refractivity contribution in [3.8, 4) is 0 Å². The molecule has 0 saturated carbocycles. The number of anilines is 1. The number of hydrogen-bond donors (Lipinski definition) is 1. The molecule has 0 spiro atoms. The predicted molar refractivity (Wildman–Crippen MR) is 83.1 cm³/mol. The molecule has 6 heteroatoms. The van der Waals surface area contributed by atoms with Crippen LogP contribution in [0.2, 0.25) is 0 Å². The number of Topliss-reactive ketones (excluding diaryl/α,β-unsaturated/α-hetero) is 1. The summed E-state index contributed by atoms with van der Waals surface area (Å²) < 4.78 is 5.05. The van der Waals surface area contributed by atoms with Crippen LogP contribution < -0.4 is 10.2 Å². The van der Waals surface area contributed by atoms with E-state index in [2.05, 4.69) is 10.3 Å². The highest BCUT2D eigenvalue weighted by Gasteiger charge is 2.17. The third-order valence-corrected chi connectivity index (χ3v) is 3.16. The molecule has 1 amide bonds. The maximum atomic E-state index is 12.2. The molecule has 0 aliphatic rings. The molecule has 22 heavy (non-hydrogen) atoms. The summed E-state index contributed by atoms with van der Waals surface area (Å²) in [5.41, 5.74) is 1.21. The Balaban J connectivity index is 1.96. The molecule has 2 rings (SSSR count). The molecule has 0 aromatic carbocycles. The SMILES string of the molecule is CC(CC(=O)c1ccco1)NC(=O)c1cc(N(C)C)ccn1. The van der Waals surface area contributed by atoms with E-state index in [1.165, 1.54) is 6.26 Å². The molecule has 2 heterocycles. The molecule has 0 aliphatic heterocycles. The molecule has 2 aromatic heterocycles. The van der Waals surface area contributed by atoms with Gasteiger partial charge in [0, 0.05) is 38.4 Å². The average molecular weight is 301 g/mol. The molecule has 0 bridgehead atoms. The van der Waals surface area contributed by atoms with E-state index in [1.807, 2.05) is 25.1 Å². The van der Waals surface area contributed by atoms with Gasteiger partial charge in [-0.2, -0.15) is 0 Å². The molecule has 1 unspecified atom stereocenters. The summed E-state index contributed by atoms with van der Waals surface area (Å²) in [5.74, 6) is -0.148. The van der Waals surface area contributed by atoms with Crippen molar-refractivity contribution in [2.45, 2.75) is 19.4 Å². The van der Waals surface area contributed by atoms with E-state index in [0.717, 1.165) is 5.69 Å². The van der Waals surface area contributed by atoms with Gasteiger partial charge in [-0.1, -0.05) is 0 Å². The minimum Gasteiger partial charge on any atom is -0.461 e. The van der Waals surface area contributed by atoms with Gasteiger partial charge in [0.25, 0.3) is 5.91 Å². The summed E-state index contributed by atoms with van der Waals surface area (Å²) in [4.78, 5) is 30.0. The number of carbonyl (C=O) groups is 2. The number of rotatable bonds is 6. The number of nitrogens with zero attached hydrogens (tertiary/aromatic N) is 2. The highest BCUT2D eigenvalue weighted by Crippen LogP contribution is 2.12. The number of pyridine rings is 1. The number of carbonyl (C=O) groups excluding carboxylic acids is 2. The van der Waals surface area contributed by atoms with Crippen LogP contribution in [0, 0.1) is 0 Å². The van der Waals surface area contributed by atoms with Gasteiger partial charge in [-0.25, -0.2) is 0 Å². The number of furan rings is 1. The van der Waals surface area contributed by atoms with Crippen LogP contribution in [-0.4, -0.2) is 36.8 Å². The topological polar surface area (TPSA) is 75.4 Å². The normalized spacial score (nSPS) is 11.8. The van der Waals surface area contributed by atoms with Crippen molar-refractivity contribution >= 4 is 17.4 Å². The summed E-state index contributed by atoms with van der Waals surface area (Å²) in [6, 6.07) is 6.48. The van der Waals surface area contributed by atoms with Crippen LogP contribution in [0.1, 0.15) is 34.4 Å². The minimum absolute atomic E-state index is 0.146. The first-order valence-electron chi connectivity index (χ1n) is 6.98. The highest BCUT2D eigenvalue weighted by atomic mass is 16.3. The smallest absolute Gasteiger partial charge is 0.270 e. The number of nitrogens with one attached hydrogen (secondary N) is 1. The average Bonchev–Trinajstić information content (AvgIpc) is 3.01. The lowest BCUT2D eigenvalue weighted by Crippen LogP contribution is -2.34. The first-order valence-corrected chi connectivity index (χ1v) is 6.98. The van der Waals surface area contributed by atoms with Crippen molar-refractivity contribution in [3.05, 3.63) is 48.2 Å². The largest absolute Gasteiger partial charge is 0.461 e. The van der Waals surface area contributed by atoms with Crippen molar-refractivity contribution in [2.24, 2.45) is 0 Å². The zero-order valence-corrected chi connectivity index (χ0v) is 12.9. The second-order valence-corrected chi connectivity index (χ2v) is 5.27. The Morgan fingerprint density at radius 1 is 1.36 bits per heavy atom. The number of hydrogen-bond acceptors (Lipinski definition) is 5. The molecule has 0 saturated heterocycles. The van der Waals surface area contributed by atoms with E-state index < -0.39 is 0 Å². The first-order chi connectivity index (χ1) is 10.5. The van der Waals surface area contributed by atoms with Gasteiger partial charge in [0.2, 0.25) is 0 Å². The van der Waals surface area contributed by atoms with E-state index in [0.29, 0.717) is 11.5 Å². The van der Waals surface area contributed by atoms with Gasteiger partial charge < -0.3 is 14.6 Å². The Kier molecular flexibility index (Phi) is 4.93. The second-order valence-electron chi connectivity index (χ2n) is 5.27. The lowest BCUT2D eigenvalue weighted by Gasteiger charge is -2.15. The van der Waals surface area contributed by atoms with E-state index in [9.17, 15) is 9.59 Å². The fourth-order valence-corrected chi connectivity index (χ4v) is 1.99. The number of ketones is 1. The van der Waals surface area contributed by atoms with Gasteiger partial charge in [0.05, 0.1) is 6.26 Å². The number of amides is 1. The summed E-state index contributed by atoms with van der Waals surface area (Å²) >= 11 is 0. The molecule has 2 aromatic rings. The van der Waals surface area contributed by atoms with Crippen molar-refractivity contribution in [1.82, 2.24) is 10.3 Å². The monoisotopic (exact) mass is 301 g/mol. The van der Waals surface area contributed by atoms with Crippen LogP contribution >= 0.6 is 0 Å². The summed E-state index contributed by atoms with van der Waals surface area (Å²) in [6.45, 7) is 1.77. The Morgan fingerprint density at radius 2 is 2.14 bits per heavy atom. The molecular weight excluding hydrogens is 282 g/mol. The maximum Gasteiger partial charge on any atom is 0.270 e. The minimum atomic E-state index is -0.310. The summed E-state index contributed by atoms with van der Waals surface area (Å²) in [7, 11) is 3.78. The van der Waals surface area contributed by atoms with Gasteiger partial charge in [-0.3, -0.25) is 14.6 Å². The van der Waals surface area contributed by atoms with Gasteiger partial charge in [-0.05, 0) is 31.2 Å². The van der Waals surface area contributed by atoms with E-state index >= 15 is 0 Å². The molecule has 6 nitrogen and oxygen atoms in total. The Hall–Kier alpha value is -2.63. The van der Waals surface area contributed by atoms with Crippen molar-refractivity contribution < 1.29 is 14.0 Å². The highest BCUT2D eigenvalue weighted by molar-refractivity contribution is 5.96. The van der Waals surface area contributed by atoms with Crippen LogP contribution in [0.4, 0.5) is 5.69 Å².